The first-order chi connectivity index (χ1) is 12.0. The van der Waals surface area contributed by atoms with Crippen LogP contribution in [0.1, 0.15) is 6.92 Å². The first-order valence-electron chi connectivity index (χ1n) is 8.34. The summed E-state index contributed by atoms with van der Waals surface area (Å²) in [7, 11) is -3.72. The Kier molecular flexibility index (Phi) is 5.24. The fraction of sp³-hybridized carbons (Fsp3) is 0.333. The van der Waals surface area contributed by atoms with Gasteiger partial charge in [-0.25, -0.2) is 12.8 Å². The molecule has 1 fully saturated rings. The van der Waals surface area contributed by atoms with Crippen LogP contribution in [0.3, 0.4) is 0 Å². The number of piperazine rings is 1. The van der Waals surface area contributed by atoms with E-state index in [-0.39, 0.29) is 4.90 Å². The van der Waals surface area contributed by atoms with Crippen molar-refractivity contribution in [3.8, 4) is 0 Å². The number of rotatable bonds is 5. The third kappa shape index (κ3) is 4.29. The van der Waals surface area contributed by atoms with E-state index in [0.717, 1.165) is 50.5 Å². The molecule has 0 unspecified atom stereocenters. The van der Waals surface area contributed by atoms with Gasteiger partial charge in [0.25, 0.3) is 10.0 Å². The molecule has 0 aliphatic carbocycles. The lowest BCUT2D eigenvalue weighted by Gasteiger charge is -2.35. The number of likely N-dealkylation sites (N-methyl/N-ethyl adjacent to an activating group) is 1. The molecule has 1 aliphatic rings. The first-order valence-corrected chi connectivity index (χ1v) is 9.82. The van der Waals surface area contributed by atoms with Crippen molar-refractivity contribution in [2.24, 2.45) is 0 Å². The fourth-order valence-electron chi connectivity index (χ4n) is 2.89. The normalized spacial score (nSPS) is 16.0. The van der Waals surface area contributed by atoms with Gasteiger partial charge in [0, 0.05) is 37.6 Å². The van der Waals surface area contributed by atoms with Gasteiger partial charge in [0.05, 0.1) is 4.90 Å². The van der Waals surface area contributed by atoms with Crippen LogP contribution in [0.25, 0.3) is 0 Å². The van der Waals surface area contributed by atoms with Crippen LogP contribution < -0.4 is 9.62 Å². The van der Waals surface area contributed by atoms with Crippen molar-refractivity contribution in [1.82, 2.24) is 4.90 Å². The second-order valence-electron chi connectivity index (χ2n) is 6.03. The number of hydrogen-bond acceptors (Lipinski definition) is 4. The largest absolute Gasteiger partial charge is 0.369 e. The van der Waals surface area contributed by atoms with E-state index < -0.39 is 15.8 Å². The molecule has 2 aromatic carbocycles. The van der Waals surface area contributed by atoms with Gasteiger partial charge in [0.15, 0.2) is 0 Å². The van der Waals surface area contributed by atoms with Gasteiger partial charge in [-0.2, -0.15) is 0 Å². The summed E-state index contributed by atoms with van der Waals surface area (Å²) in [4.78, 5) is 4.74. The summed E-state index contributed by atoms with van der Waals surface area (Å²) < 4.78 is 40.1. The van der Waals surface area contributed by atoms with Gasteiger partial charge < -0.3 is 9.80 Å². The molecular formula is C18H22FN3O2S. The van der Waals surface area contributed by atoms with Crippen molar-refractivity contribution >= 4 is 21.4 Å². The lowest BCUT2D eigenvalue weighted by atomic mass is 10.2. The van der Waals surface area contributed by atoms with Crippen LogP contribution in [0.4, 0.5) is 15.8 Å². The highest BCUT2D eigenvalue weighted by molar-refractivity contribution is 7.92. The maximum absolute atomic E-state index is 12.9. The molecule has 1 aliphatic heterocycles. The predicted octanol–water partition coefficient (Wildman–Crippen LogP) is 2.77. The Hall–Kier alpha value is -2.12. The Bertz CT molecular complexity index is 799. The number of anilines is 2. The van der Waals surface area contributed by atoms with Crippen molar-refractivity contribution < 1.29 is 12.8 Å². The molecule has 25 heavy (non-hydrogen) atoms. The molecule has 134 valence electrons. The summed E-state index contributed by atoms with van der Waals surface area (Å²) in [5.74, 6) is -0.466. The van der Waals surface area contributed by atoms with Crippen molar-refractivity contribution in [3.05, 3.63) is 54.3 Å². The second-order valence-corrected chi connectivity index (χ2v) is 7.71. The summed E-state index contributed by atoms with van der Waals surface area (Å²) in [6.45, 7) is 7.24. The first kappa shape index (κ1) is 17.7. The van der Waals surface area contributed by atoms with Crippen LogP contribution in [0.15, 0.2) is 53.4 Å². The molecule has 2 aromatic rings. The highest BCUT2D eigenvalue weighted by Gasteiger charge is 2.17. The quantitative estimate of drug-likeness (QED) is 0.888. The molecule has 0 bridgehead atoms. The topological polar surface area (TPSA) is 52.6 Å². The van der Waals surface area contributed by atoms with Crippen LogP contribution in [-0.4, -0.2) is 46.0 Å². The second kappa shape index (κ2) is 7.41. The molecule has 0 atom stereocenters. The number of benzene rings is 2. The molecule has 7 heteroatoms. The minimum Gasteiger partial charge on any atom is -0.369 e. The van der Waals surface area contributed by atoms with Gasteiger partial charge in [-0.15, -0.1) is 0 Å². The van der Waals surface area contributed by atoms with E-state index in [4.69, 9.17) is 0 Å². The third-order valence-electron chi connectivity index (χ3n) is 4.43. The third-order valence-corrected chi connectivity index (χ3v) is 5.83. The Morgan fingerprint density at radius 2 is 1.56 bits per heavy atom. The average molecular weight is 363 g/mol. The molecule has 0 spiro atoms. The van der Waals surface area contributed by atoms with Crippen molar-refractivity contribution in [3.63, 3.8) is 0 Å². The van der Waals surface area contributed by atoms with E-state index >= 15 is 0 Å². The predicted molar refractivity (Wildman–Crippen MR) is 98.0 cm³/mol. The van der Waals surface area contributed by atoms with Crippen LogP contribution in [0, 0.1) is 5.82 Å². The van der Waals surface area contributed by atoms with Crippen LogP contribution >= 0.6 is 0 Å². The molecule has 0 radical (unpaired) electrons. The molecule has 1 N–H and O–H groups in total. The van der Waals surface area contributed by atoms with Crippen molar-refractivity contribution in [2.75, 3.05) is 42.3 Å². The highest BCUT2D eigenvalue weighted by Crippen LogP contribution is 2.22. The summed E-state index contributed by atoms with van der Waals surface area (Å²) in [5.41, 5.74) is 1.57. The standard InChI is InChI=1S/C18H22FN3O2S/c1-2-21-11-13-22(14-12-21)17-7-5-16(6-8-17)20-25(23,24)18-9-3-15(19)4-10-18/h3-10,20H,2,11-14H2,1H3. The van der Waals surface area contributed by atoms with E-state index in [1.54, 1.807) is 12.1 Å². The van der Waals surface area contributed by atoms with E-state index in [0.29, 0.717) is 5.69 Å². The molecule has 0 aromatic heterocycles. The average Bonchev–Trinajstić information content (AvgIpc) is 2.62. The lowest BCUT2D eigenvalue weighted by Crippen LogP contribution is -2.46. The highest BCUT2D eigenvalue weighted by atomic mass is 32.2. The number of halogens is 1. The Labute approximate surface area is 148 Å². The molecule has 1 saturated heterocycles. The molecule has 3 rings (SSSR count). The van der Waals surface area contributed by atoms with Gasteiger partial charge in [-0.1, -0.05) is 6.92 Å². The number of hydrogen-bond donors (Lipinski definition) is 1. The van der Waals surface area contributed by atoms with Crippen molar-refractivity contribution in [2.45, 2.75) is 11.8 Å². The summed E-state index contributed by atoms with van der Waals surface area (Å²) in [5, 5.41) is 0. The molecule has 0 saturated carbocycles. The Balaban J connectivity index is 1.67. The summed E-state index contributed by atoms with van der Waals surface area (Å²) in [6.07, 6.45) is 0. The summed E-state index contributed by atoms with van der Waals surface area (Å²) >= 11 is 0. The maximum Gasteiger partial charge on any atom is 0.261 e. The van der Waals surface area contributed by atoms with Gasteiger partial charge in [-0.05, 0) is 55.1 Å². The lowest BCUT2D eigenvalue weighted by molar-refractivity contribution is 0.271. The molecule has 5 nitrogen and oxygen atoms in total. The zero-order valence-electron chi connectivity index (χ0n) is 14.2. The van der Waals surface area contributed by atoms with Crippen LogP contribution in [-0.2, 0) is 10.0 Å². The van der Waals surface area contributed by atoms with E-state index in [1.807, 2.05) is 12.1 Å². The number of nitrogens with zero attached hydrogens (tertiary/aromatic N) is 2. The van der Waals surface area contributed by atoms with Gasteiger partial charge >= 0.3 is 0 Å². The van der Waals surface area contributed by atoms with E-state index in [9.17, 15) is 12.8 Å². The minimum absolute atomic E-state index is 0.0358. The zero-order valence-corrected chi connectivity index (χ0v) is 15.0. The Morgan fingerprint density at radius 3 is 2.12 bits per heavy atom. The van der Waals surface area contributed by atoms with E-state index in [2.05, 4.69) is 21.4 Å². The number of nitrogens with one attached hydrogen (secondary N) is 1. The maximum atomic E-state index is 12.9. The van der Waals surface area contributed by atoms with Gasteiger partial charge in [0.1, 0.15) is 5.82 Å². The summed E-state index contributed by atoms with van der Waals surface area (Å²) in [6, 6.07) is 12.1. The SMILES string of the molecule is CCN1CCN(c2ccc(NS(=O)(=O)c3ccc(F)cc3)cc2)CC1. The van der Waals surface area contributed by atoms with Gasteiger partial charge in [-0.3, -0.25) is 4.72 Å². The molecular weight excluding hydrogens is 341 g/mol. The zero-order chi connectivity index (χ0) is 17.9. The van der Waals surface area contributed by atoms with Crippen LogP contribution in [0.2, 0.25) is 0 Å². The molecule has 0 amide bonds. The molecule has 1 heterocycles. The number of sulfonamides is 1. The van der Waals surface area contributed by atoms with E-state index in [1.165, 1.54) is 12.1 Å². The minimum atomic E-state index is -3.72. The monoisotopic (exact) mass is 363 g/mol. The van der Waals surface area contributed by atoms with Gasteiger partial charge in [0.2, 0.25) is 0 Å². The Morgan fingerprint density at radius 1 is 0.960 bits per heavy atom. The fourth-order valence-corrected chi connectivity index (χ4v) is 3.95. The van der Waals surface area contributed by atoms with Crippen molar-refractivity contribution in [1.29, 1.82) is 0 Å². The smallest absolute Gasteiger partial charge is 0.261 e. The van der Waals surface area contributed by atoms with Crippen LogP contribution in [0.5, 0.6) is 0 Å².